The van der Waals surface area contributed by atoms with Crippen molar-refractivity contribution in [1.82, 2.24) is 0 Å². The number of hydrogen-bond donors (Lipinski definition) is 1. The number of rotatable bonds is 3. The average Bonchev–Trinajstić information content (AvgIpc) is 2.28. The summed E-state index contributed by atoms with van der Waals surface area (Å²) in [4.78, 5) is 1.03. The van der Waals surface area contributed by atoms with Gasteiger partial charge in [0.05, 0.1) is 0 Å². The molecule has 94 valence electrons. The molecule has 1 aliphatic rings. The topological polar surface area (TPSA) is 26.0 Å². The molecule has 1 saturated carbocycles. The Hall–Kier alpha value is -0.540. The van der Waals surface area contributed by atoms with E-state index in [1.807, 2.05) is 17.8 Å². The Morgan fingerprint density at radius 1 is 1.35 bits per heavy atom. The number of thioether (sulfide) groups is 1. The van der Waals surface area contributed by atoms with Crippen LogP contribution < -0.4 is 5.73 Å². The van der Waals surface area contributed by atoms with E-state index in [-0.39, 0.29) is 5.82 Å². The zero-order valence-electron chi connectivity index (χ0n) is 10.3. The summed E-state index contributed by atoms with van der Waals surface area (Å²) in [6.07, 6.45) is 5.15. The highest BCUT2D eigenvalue weighted by atomic mass is 32.2. The molecule has 1 nitrogen and oxygen atoms in total. The minimum atomic E-state index is -0.167. The van der Waals surface area contributed by atoms with Crippen LogP contribution in [-0.2, 0) is 6.54 Å². The van der Waals surface area contributed by atoms with E-state index in [2.05, 4.69) is 6.92 Å². The predicted molar refractivity (Wildman–Crippen MR) is 71.6 cm³/mol. The first kappa shape index (κ1) is 12.9. The molecule has 1 aliphatic carbocycles. The van der Waals surface area contributed by atoms with Crippen LogP contribution in [0.3, 0.4) is 0 Å². The quantitative estimate of drug-likeness (QED) is 0.882. The van der Waals surface area contributed by atoms with E-state index in [1.165, 1.54) is 31.7 Å². The molecule has 0 radical (unpaired) electrons. The third kappa shape index (κ3) is 3.71. The van der Waals surface area contributed by atoms with Crippen LogP contribution >= 0.6 is 11.8 Å². The van der Waals surface area contributed by atoms with Crippen LogP contribution in [0.5, 0.6) is 0 Å². The number of nitrogens with two attached hydrogens (primary N) is 1. The molecule has 0 heterocycles. The van der Waals surface area contributed by atoms with Crippen molar-refractivity contribution in [2.45, 2.75) is 49.3 Å². The molecular weight excluding hydrogens is 233 g/mol. The van der Waals surface area contributed by atoms with Crippen molar-refractivity contribution in [3.05, 3.63) is 29.6 Å². The maximum absolute atomic E-state index is 13.4. The molecule has 2 unspecified atom stereocenters. The maximum atomic E-state index is 13.4. The van der Waals surface area contributed by atoms with Gasteiger partial charge in [0, 0.05) is 16.7 Å². The van der Waals surface area contributed by atoms with Crippen molar-refractivity contribution < 1.29 is 4.39 Å². The van der Waals surface area contributed by atoms with Gasteiger partial charge in [0.1, 0.15) is 5.82 Å². The molecule has 0 aromatic heterocycles. The Balaban J connectivity index is 2.04. The lowest BCUT2D eigenvalue weighted by Gasteiger charge is -2.26. The standard InChI is InChI=1S/C14H20FNS/c1-10-3-2-4-13(5-10)17-14-7-11(9-16)6-12(15)8-14/h6-8,10,13H,2-5,9,16H2,1H3. The molecule has 17 heavy (non-hydrogen) atoms. The summed E-state index contributed by atoms with van der Waals surface area (Å²) in [6, 6.07) is 5.17. The van der Waals surface area contributed by atoms with Gasteiger partial charge < -0.3 is 5.73 Å². The zero-order valence-corrected chi connectivity index (χ0v) is 11.1. The summed E-state index contributed by atoms with van der Waals surface area (Å²) in [5.74, 6) is 0.642. The molecule has 1 aromatic rings. The SMILES string of the molecule is CC1CCCC(Sc2cc(F)cc(CN)c2)C1. The molecule has 3 heteroatoms. The second-order valence-electron chi connectivity index (χ2n) is 5.01. The summed E-state index contributed by atoms with van der Waals surface area (Å²) in [6.45, 7) is 2.72. The van der Waals surface area contributed by atoms with E-state index in [9.17, 15) is 4.39 Å². The van der Waals surface area contributed by atoms with Crippen molar-refractivity contribution in [2.24, 2.45) is 11.7 Å². The van der Waals surface area contributed by atoms with Crippen LogP contribution in [0.4, 0.5) is 4.39 Å². The van der Waals surface area contributed by atoms with Gasteiger partial charge >= 0.3 is 0 Å². The summed E-state index contributed by atoms with van der Waals surface area (Å²) in [5, 5.41) is 0.645. The van der Waals surface area contributed by atoms with Gasteiger partial charge in [0.25, 0.3) is 0 Å². The fourth-order valence-electron chi connectivity index (χ4n) is 2.48. The molecule has 0 spiro atoms. The highest BCUT2D eigenvalue weighted by molar-refractivity contribution is 8.00. The molecule has 1 fully saturated rings. The smallest absolute Gasteiger partial charge is 0.124 e. The predicted octanol–water partition coefficient (Wildman–Crippen LogP) is 3.96. The molecule has 0 amide bonds. The largest absolute Gasteiger partial charge is 0.326 e. The summed E-state index contributed by atoms with van der Waals surface area (Å²) in [7, 11) is 0. The first-order valence-electron chi connectivity index (χ1n) is 6.33. The number of halogens is 1. The van der Waals surface area contributed by atoms with Crippen LogP contribution in [0, 0.1) is 11.7 Å². The van der Waals surface area contributed by atoms with Gasteiger partial charge in [-0.1, -0.05) is 19.8 Å². The summed E-state index contributed by atoms with van der Waals surface area (Å²) in [5.41, 5.74) is 6.45. The molecule has 1 aromatic carbocycles. The minimum Gasteiger partial charge on any atom is -0.326 e. The van der Waals surface area contributed by atoms with Gasteiger partial charge in [-0.15, -0.1) is 11.8 Å². The van der Waals surface area contributed by atoms with Crippen molar-refractivity contribution in [1.29, 1.82) is 0 Å². The van der Waals surface area contributed by atoms with Crippen LogP contribution in [0.25, 0.3) is 0 Å². The van der Waals surface area contributed by atoms with Crippen LogP contribution in [0.1, 0.15) is 38.2 Å². The Labute approximate surface area is 107 Å². The van der Waals surface area contributed by atoms with E-state index in [4.69, 9.17) is 5.73 Å². The minimum absolute atomic E-state index is 0.167. The number of benzene rings is 1. The molecule has 2 N–H and O–H groups in total. The summed E-state index contributed by atoms with van der Waals surface area (Å²) < 4.78 is 13.4. The highest BCUT2D eigenvalue weighted by Crippen LogP contribution is 2.36. The first-order valence-corrected chi connectivity index (χ1v) is 7.21. The Bertz CT molecular complexity index is 380. The van der Waals surface area contributed by atoms with Gasteiger partial charge in [0.2, 0.25) is 0 Å². The Kier molecular flexibility index (Phi) is 4.46. The molecule has 0 saturated heterocycles. The third-order valence-electron chi connectivity index (χ3n) is 3.36. The van der Waals surface area contributed by atoms with Crippen molar-refractivity contribution in [3.63, 3.8) is 0 Å². The van der Waals surface area contributed by atoms with Gasteiger partial charge in [-0.3, -0.25) is 0 Å². The van der Waals surface area contributed by atoms with Crippen molar-refractivity contribution in [2.75, 3.05) is 0 Å². The lowest BCUT2D eigenvalue weighted by atomic mass is 9.91. The second kappa shape index (κ2) is 5.87. The lowest BCUT2D eigenvalue weighted by molar-refractivity contribution is 0.394. The normalized spacial score (nSPS) is 24.9. The zero-order chi connectivity index (χ0) is 12.3. The van der Waals surface area contributed by atoms with Crippen LogP contribution in [-0.4, -0.2) is 5.25 Å². The Morgan fingerprint density at radius 2 is 2.18 bits per heavy atom. The molecule has 0 aliphatic heterocycles. The van der Waals surface area contributed by atoms with E-state index in [0.29, 0.717) is 11.8 Å². The fourth-order valence-corrected chi connectivity index (χ4v) is 3.98. The number of hydrogen-bond acceptors (Lipinski definition) is 2. The van der Waals surface area contributed by atoms with Gasteiger partial charge in [0.15, 0.2) is 0 Å². The van der Waals surface area contributed by atoms with Gasteiger partial charge in [-0.2, -0.15) is 0 Å². The third-order valence-corrected chi connectivity index (χ3v) is 4.63. The van der Waals surface area contributed by atoms with E-state index in [0.717, 1.165) is 16.4 Å². The summed E-state index contributed by atoms with van der Waals surface area (Å²) >= 11 is 1.82. The maximum Gasteiger partial charge on any atom is 0.124 e. The molecule has 0 bridgehead atoms. The average molecular weight is 253 g/mol. The highest BCUT2D eigenvalue weighted by Gasteiger charge is 2.19. The van der Waals surface area contributed by atoms with Crippen molar-refractivity contribution >= 4 is 11.8 Å². The molecule has 2 rings (SSSR count). The van der Waals surface area contributed by atoms with E-state index in [1.54, 1.807) is 6.07 Å². The molecule has 2 atom stereocenters. The fraction of sp³-hybridized carbons (Fsp3) is 0.571. The Morgan fingerprint density at radius 3 is 2.88 bits per heavy atom. The van der Waals surface area contributed by atoms with Gasteiger partial charge in [-0.05, 0) is 42.5 Å². The van der Waals surface area contributed by atoms with E-state index < -0.39 is 0 Å². The second-order valence-corrected chi connectivity index (χ2v) is 6.38. The van der Waals surface area contributed by atoms with Crippen molar-refractivity contribution in [3.8, 4) is 0 Å². The van der Waals surface area contributed by atoms with Crippen LogP contribution in [0.2, 0.25) is 0 Å². The monoisotopic (exact) mass is 253 g/mol. The first-order chi connectivity index (χ1) is 8.17. The van der Waals surface area contributed by atoms with Crippen LogP contribution in [0.15, 0.2) is 23.1 Å². The lowest BCUT2D eigenvalue weighted by Crippen LogP contribution is -2.14. The van der Waals surface area contributed by atoms with Gasteiger partial charge in [-0.25, -0.2) is 4.39 Å². The molecular formula is C14H20FNS. The van der Waals surface area contributed by atoms with E-state index >= 15 is 0 Å².